The zero-order chi connectivity index (χ0) is 10.9. The molecule has 2 rings (SSSR count). The van der Waals surface area contributed by atoms with Crippen molar-refractivity contribution in [3.05, 3.63) is 0 Å². The van der Waals surface area contributed by atoms with Crippen molar-refractivity contribution in [3.63, 3.8) is 0 Å². The molecule has 0 spiro atoms. The Hall–Kier alpha value is -0.120. The molecular formula is C12H24N2O. The van der Waals surface area contributed by atoms with Gasteiger partial charge in [-0.05, 0) is 33.6 Å². The molecule has 0 aromatic rings. The summed E-state index contributed by atoms with van der Waals surface area (Å²) in [5, 5.41) is 3.56. The number of piperazine rings is 1. The molecule has 1 unspecified atom stereocenters. The fraction of sp³-hybridized carbons (Fsp3) is 1.00. The summed E-state index contributed by atoms with van der Waals surface area (Å²) < 4.78 is 5.64. The van der Waals surface area contributed by atoms with Crippen LogP contribution in [0.2, 0.25) is 0 Å². The predicted molar refractivity (Wildman–Crippen MR) is 62.1 cm³/mol. The highest BCUT2D eigenvalue weighted by Crippen LogP contribution is 2.28. The molecule has 2 saturated heterocycles. The van der Waals surface area contributed by atoms with Gasteiger partial charge in [-0.15, -0.1) is 0 Å². The van der Waals surface area contributed by atoms with Crippen LogP contribution in [0.4, 0.5) is 0 Å². The minimum atomic E-state index is 0.249. The van der Waals surface area contributed by atoms with E-state index in [0.717, 1.165) is 32.8 Å². The molecule has 15 heavy (non-hydrogen) atoms. The summed E-state index contributed by atoms with van der Waals surface area (Å²) in [4.78, 5) is 2.61. The van der Waals surface area contributed by atoms with Crippen molar-refractivity contribution in [2.24, 2.45) is 0 Å². The van der Waals surface area contributed by atoms with Crippen molar-refractivity contribution in [2.75, 3.05) is 32.8 Å². The van der Waals surface area contributed by atoms with Gasteiger partial charge in [-0.1, -0.05) is 0 Å². The van der Waals surface area contributed by atoms with E-state index in [1.807, 2.05) is 0 Å². The van der Waals surface area contributed by atoms with Gasteiger partial charge in [-0.25, -0.2) is 0 Å². The van der Waals surface area contributed by atoms with Gasteiger partial charge < -0.3 is 10.1 Å². The van der Waals surface area contributed by atoms with E-state index in [1.165, 1.54) is 12.8 Å². The zero-order valence-electron chi connectivity index (χ0n) is 10.3. The summed E-state index contributed by atoms with van der Waals surface area (Å²) in [6.45, 7) is 12.2. The van der Waals surface area contributed by atoms with E-state index in [9.17, 15) is 0 Å². The molecule has 1 N–H and O–H groups in total. The van der Waals surface area contributed by atoms with Crippen LogP contribution in [0.1, 0.15) is 33.6 Å². The van der Waals surface area contributed by atoms with Crippen molar-refractivity contribution in [3.8, 4) is 0 Å². The topological polar surface area (TPSA) is 24.5 Å². The van der Waals surface area contributed by atoms with Crippen LogP contribution < -0.4 is 5.32 Å². The second-order valence-corrected chi connectivity index (χ2v) is 5.89. The van der Waals surface area contributed by atoms with Crippen molar-refractivity contribution in [1.82, 2.24) is 10.2 Å². The van der Waals surface area contributed by atoms with Crippen molar-refractivity contribution < 1.29 is 4.74 Å². The fourth-order valence-corrected chi connectivity index (χ4v) is 2.77. The molecule has 2 fully saturated rings. The van der Waals surface area contributed by atoms with Gasteiger partial charge in [0.2, 0.25) is 0 Å². The molecule has 3 nitrogen and oxygen atoms in total. The Bertz CT molecular complexity index is 222. The lowest BCUT2D eigenvalue weighted by Gasteiger charge is -2.50. The minimum absolute atomic E-state index is 0.249. The van der Waals surface area contributed by atoms with Gasteiger partial charge in [0.05, 0.1) is 6.61 Å². The van der Waals surface area contributed by atoms with Crippen molar-refractivity contribution >= 4 is 0 Å². The highest BCUT2D eigenvalue weighted by molar-refractivity contribution is 4.96. The Morgan fingerprint density at radius 3 is 2.67 bits per heavy atom. The largest absolute Gasteiger partial charge is 0.380 e. The van der Waals surface area contributed by atoms with Gasteiger partial charge in [0.15, 0.2) is 0 Å². The first kappa shape index (κ1) is 11.4. The molecule has 88 valence electrons. The quantitative estimate of drug-likeness (QED) is 0.708. The molecule has 0 aromatic carbocycles. The summed E-state index contributed by atoms with van der Waals surface area (Å²) in [7, 11) is 0. The summed E-state index contributed by atoms with van der Waals surface area (Å²) in [5.74, 6) is 0. The van der Waals surface area contributed by atoms with Crippen LogP contribution in [-0.2, 0) is 4.74 Å². The van der Waals surface area contributed by atoms with E-state index in [-0.39, 0.29) is 11.1 Å². The molecule has 0 amide bonds. The smallest absolute Gasteiger partial charge is 0.0647 e. The summed E-state index contributed by atoms with van der Waals surface area (Å²) >= 11 is 0. The molecule has 0 radical (unpaired) electrons. The van der Waals surface area contributed by atoms with Crippen LogP contribution in [0, 0.1) is 0 Å². The number of ether oxygens (including phenoxy) is 1. The maximum absolute atomic E-state index is 5.64. The monoisotopic (exact) mass is 212 g/mol. The number of hydrogen-bond donors (Lipinski definition) is 1. The van der Waals surface area contributed by atoms with Gasteiger partial charge in [-0.3, -0.25) is 4.90 Å². The molecule has 1 atom stereocenters. The van der Waals surface area contributed by atoms with E-state index in [2.05, 4.69) is 31.0 Å². The zero-order valence-corrected chi connectivity index (χ0v) is 10.3. The standard InChI is InChI=1S/C12H24N2O/c1-11(2)9-14(7-6-13-11)12(3)5-4-8-15-10-12/h13H,4-10H2,1-3H3. The van der Waals surface area contributed by atoms with E-state index in [0.29, 0.717) is 0 Å². The first-order chi connectivity index (χ1) is 7.02. The van der Waals surface area contributed by atoms with Crippen molar-refractivity contribution in [2.45, 2.75) is 44.7 Å². The molecule has 0 aliphatic carbocycles. The maximum atomic E-state index is 5.64. The van der Waals surface area contributed by atoms with E-state index in [4.69, 9.17) is 4.74 Å². The van der Waals surface area contributed by atoms with Gasteiger partial charge in [0.25, 0.3) is 0 Å². The fourth-order valence-electron chi connectivity index (χ4n) is 2.77. The summed E-state index contributed by atoms with van der Waals surface area (Å²) in [6, 6.07) is 0. The molecular weight excluding hydrogens is 188 g/mol. The van der Waals surface area contributed by atoms with Crippen molar-refractivity contribution in [1.29, 1.82) is 0 Å². The Morgan fingerprint density at radius 2 is 2.07 bits per heavy atom. The third-order valence-corrected chi connectivity index (χ3v) is 3.75. The van der Waals surface area contributed by atoms with Gasteiger partial charge >= 0.3 is 0 Å². The van der Waals surface area contributed by atoms with E-state index in [1.54, 1.807) is 0 Å². The third-order valence-electron chi connectivity index (χ3n) is 3.75. The maximum Gasteiger partial charge on any atom is 0.0647 e. The Morgan fingerprint density at radius 1 is 1.27 bits per heavy atom. The van der Waals surface area contributed by atoms with Crippen LogP contribution in [0.3, 0.4) is 0 Å². The molecule has 2 heterocycles. The molecule has 2 aliphatic heterocycles. The second-order valence-electron chi connectivity index (χ2n) is 5.89. The number of nitrogens with zero attached hydrogens (tertiary/aromatic N) is 1. The summed E-state index contributed by atoms with van der Waals surface area (Å²) in [5.41, 5.74) is 0.524. The average Bonchev–Trinajstić information content (AvgIpc) is 2.17. The van der Waals surface area contributed by atoms with Crippen LogP contribution in [0.5, 0.6) is 0 Å². The summed E-state index contributed by atoms with van der Waals surface area (Å²) in [6.07, 6.45) is 2.49. The molecule has 0 aromatic heterocycles. The van der Waals surface area contributed by atoms with E-state index < -0.39 is 0 Å². The Balaban J connectivity index is 2.02. The van der Waals surface area contributed by atoms with Crippen LogP contribution in [0.15, 0.2) is 0 Å². The first-order valence-corrected chi connectivity index (χ1v) is 6.10. The molecule has 3 heteroatoms. The third kappa shape index (κ3) is 2.52. The van der Waals surface area contributed by atoms with E-state index >= 15 is 0 Å². The highest BCUT2D eigenvalue weighted by Gasteiger charge is 2.38. The SMILES string of the molecule is CC1(C)CN(C2(C)CCCOC2)CCN1. The molecule has 0 saturated carbocycles. The van der Waals surface area contributed by atoms with Crippen LogP contribution >= 0.6 is 0 Å². The number of hydrogen-bond acceptors (Lipinski definition) is 3. The Labute approximate surface area is 93.2 Å². The second kappa shape index (κ2) is 4.04. The number of nitrogens with one attached hydrogen (secondary N) is 1. The van der Waals surface area contributed by atoms with Gasteiger partial charge in [0.1, 0.15) is 0 Å². The normalized spacial score (nSPS) is 37.8. The molecule has 0 bridgehead atoms. The first-order valence-electron chi connectivity index (χ1n) is 6.10. The lowest BCUT2D eigenvalue weighted by atomic mass is 9.89. The highest BCUT2D eigenvalue weighted by atomic mass is 16.5. The minimum Gasteiger partial charge on any atom is -0.380 e. The van der Waals surface area contributed by atoms with Crippen LogP contribution in [0.25, 0.3) is 0 Å². The Kier molecular flexibility index (Phi) is 3.06. The van der Waals surface area contributed by atoms with Gasteiger partial charge in [0, 0.05) is 37.3 Å². The lowest BCUT2D eigenvalue weighted by Crippen LogP contribution is -2.64. The molecule has 2 aliphatic rings. The predicted octanol–water partition coefficient (Wildman–Crippen LogP) is 1.24. The number of rotatable bonds is 1. The average molecular weight is 212 g/mol. The lowest BCUT2D eigenvalue weighted by molar-refractivity contribution is -0.0568. The van der Waals surface area contributed by atoms with Gasteiger partial charge in [-0.2, -0.15) is 0 Å². The van der Waals surface area contributed by atoms with Crippen LogP contribution in [-0.4, -0.2) is 48.8 Å².